The van der Waals surface area contributed by atoms with Gasteiger partial charge in [0.05, 0.1) is 18.5 Å². The second kappa shape index (κ2) is 17.1. The Bertz CT molecular complexity index is 2130. The van der Waals surface area contributed by atoms with Gasteiger partial charge in [0.15, 0.2) is 5.75 Å². The van der Waals surface area contributed by atoms with Gasteiger partial charge in [-0.25, -0.2) is 4.79 Å². The average Bonchev–Trinajstić information content (AvgIpc) is 3.19. The Labute approximate surface area is 327 Å². The molecule has 1 heterocycles. The molecule has 1 aliphatic heterocycles. The number of para-hydroxylation sites is 2. The van der Waals surface area contributed by atoms with Gasteiger partial charge >= 0.3 is 5.97 Å². The number of benzene rings is 5. The van der Waals surface area contributed by atoms with E-state index >= 15 is 0 Å². The highest BCUT2D eigenvalue weighted by molar-refractivity contribution is 6.31. The Balaban J connectivity index is 1.29. The Hall–Kier alpha value is -5.84. The van der Waals surface area contributed by atoms with Gasteiger partial charge in [-0.15, -0.1) is 0 Å². The molecule has 0 bridgehead atoms. The lowest BCUT2D eigenvalue weighted by Gasteiger charge is -2.37. The maximum Gasteiger partial charge on any atom is 0.328 e. The molecule has 1 aliphatic rings. The van der Waals surface area contributed by atoms with Crippen LogP contribution in [0.4, 0.5) is 11.4 Å². The van der Waals surface area contributed by atoms with Crippen LogP contribution in [-0.4, -0.2) is 68.1 Å². The zero-order valence-corrected chi connectivity index (χ0v) is 32.2. The number of esters is 1. The molecule has 11 heteroatoms. The number of ether oxygens (including phenoxy) is 3. The van der Waals surface area contributed by atoms with E-state index in [1.54, 1.807) is 87.4 Å². The maximum absolute atomic E-state index is 14.5. The van der Waals surface area contributed by atoms with Gasteiger partial charge < -0.3 is 29.7 Å². The summed E-state index contributed by atoms with van der Waals surface area (Å²) in [5.41, 5.74) is 9.71. The Morgan fingerprint density at radius 2 is 1.45 bits per heavy atom. The number of hydrogen-bond donors (Lipinski definition) is 1. The van der Waals surface area contributed by atoms with Crippen molar-refractivity contribution in [3.63, 3.8) is 0 Å². The SMILES string of the molecule is COc1ccccc1N1CCN(C(=O)CN(C(=O)c2ccc(-c3ccccc3)cc2)c2ccc(Cl)cc2Oc2cccc(C(N)C(=O)OC(C)(C)C)c2)CC1. The molecular formula is C44H45ClN4O6. The Kier molecular flexibility index (Phi) is 12.1. The number of methoxy groups -OCH3 is 1. The highest BCUT2D eigenvalue weighted by Gasteiger charge is 2.30. The molecule has 0 spiro atoms. The molecule has 0 aromatic heterocycles. The van der Waals surface area contributed by atoms with Crippen molar-refractivity contribution in [3.05, 3.63) is 137 Å². The average molecular weight is 761 g/mol. The number of nitrogens with two attached hydrogens (primary N) is 1. The van der Waals surface area contributed by atoms with Gasteiger partial charge in [-0.05, 0) is 86.0 Å². The quantitative estimate of drug-likeness (QED) is 0.134. The number of anilines is 2. The van der Waals surface area contributed by atoms with Crippen molar-refractivity contribution >= 4 is 40.8 Å². The standard InChI is InChI=1S/C44H45ClN4O6/c1-44(2,3)55-43(52)41(46)33-13-10-14-35(27-33)54-39-28-34(45)21-22-37(39)49(42(51)32-19-17-31(18-20-32)30-11-6-5-7-12-30)29-40(50)48-25-23-47(24-26-48)36-15-8-9-16-38(36)53-4/h5-22,27-28,41H,23-26,29,46H2,1-4H3. The van der Waals surface area contributed by atoms with Crippen LogP contribution in [0, 0.1) is 0 Å². The topological polar surface area (TPSA) is 115 Å². The molecule has 6 rings (SSSR count). The molecule has 0 radical (unpaired) electrons. The third-order valence-electron chi connectivity index (χ3n) is 9.15. The Morgan fingerprint density at radius 1 is 0.782 bits per heavy atom. The molecular weight excluding hydrogens is 716 g/mol. The summed E-state index contributed by atoms with van der Waals surface area (Å²) in [5.74, 6) is 0.154. The van der Waals surface area contributed by atoms with Crippen LogP contribution in [0.15, 0.2) is 121 Å². The number of hydrogen-bond acceptors (Lipinski definition) is 8. The highest BCUT2D eigenvalue weighted by Crippen LogP contribution is 2.37. The molecule has 2 amide bonds. The van der Waals surface area contributed by atoms with E-state index in [2.05, 4.69) is 4.90 Å². The fourth-order valence-corrected chi connectivity index (χ4v) is 6.54. The van der Waals surface area contributed by atoms with Gasteiger partial charge in [0.2, 0.25) is 5.91 Å². The lowest BCUT2D eigenvalue weighted by Crippen LogP contribution is -2.52. The molecule has 284 valence electrons. The Morgan fingerprint density at radius 3 is 2.15 bits per heavy atom. The molecule has 5 aromatic rings. The summed E-state index contributed by atoms with van der Waals surface area (Å²) in [6.07, 6.45) is 0. The lowest BCUT2D eigenvalue weighted by atomic mass is 10.0. The van der Waals surface area contributed by atoms with E-state index in [-0.39, 0.29) is 18.2 Å². The van der Waals surface area contributed by atoms with Crippen LogP contribution in [0.5, 0.6) is 17.2 Å². The van der Waals surface area contributed by atoms with Crippen molar-refractivity contribution in [2.45, 2.75) is 32.4 Å². The van der Waals surface area contributed by atoms with Gasteiger partial charge in [0, 0.05) is 42.8 Å². The van der Waals surface area contributed by atoms with Crippen molar-refractivity contribution in [1.29, 1.82) is 0 Å². The van der Waals surface area contributed by atoms with E-state index in [0.29, 0.717) is 53.8 Å². The first-order valence-corrected chi connectivity index (χ1v) is 18.5. The van der Waals surface area contributed by atoms with E-state index in [4.69, 9.17) is 31.5 Å². The van der Waals surface area contributed by atoms with Crippen LogP contribution in [0.2, 0.25) is 5.02 Å². The van der Waals surface area contributed by atoms with Crippen LogP contribution >= 0.6 is 11.6 Å². The second-order valence-electron chi connectivity index (χ2n) is 14.2. The molecule has 5 aromatic carbocycles. The third-order valence-corrected chi connectivity index (χ3v) is 9.39. The fourth-order valence-electron chi connectivity index (χ4n) is 6.37. The van der Waals surface area contributed by atoms with Crippen LogP contribution in [0.25, 0.3) is 11.1 Å². The summed E-state index contributed by atoms with van der Waals surface area (Å²) >= 11 is 6.50. The molecule has 1 saturated heterocycles. The van der Waals surface area contributed by atoms with Crippen molar-refractivity contribution < 1.29 is 28.6 Å². The van der Waals surface area contributed by atoms with Crippen molar-refractivity contribution in [2.24, 2.45) is 5.73 Å². The molecule has 1 fully saturated rings. The van der Waals surface area contributed by atoms with Gasteiger partial charge in [0.25, 0.3) is 5.91 Å². The lowest BCUT2D eigenvalue weighted by molar-refractivity contribution is -0.156. The number of rotatable bonds is 11. The number of amides is 2. The number of carbonyl (C=O) groups excluding carboxylic acids is 3. The molecule has 55 heavy (non-hydrogen) atoms. The van der Waals surface area contributed by atoms with Crippen molar-refractivity contribution in [2.75, 3.05) is 49.6 Å². The molecule has 1 atom stereocenters. The summed E-state index contributed by atoms with van der Waals surface area (Å²) in [7, 11) is 1.64. The van der Waals surface area contributed by atoms with E-state index < -0.39 is 23.5 Å². The van der Waals surface area contributed by atoms with E-state index in [1.807, 2.05) is 66.7 Å². The first-order chi connectivity index (χ1) is 26.4. The van der Waals surface area contributed by atoms with E-state index in [0.717, 1.165) is 22.6 Å². The number of nitrogens with zero attached hydrogens (tertiary/aromatic N) is 3. The van der Waals surface area contributed by atoms with Gasteiger partial charge in [-0.2, -0.15) is 0 Å². The first kappa shape index (κ1) is 38.9. The van der Waals surface area contributed by atoms with Crippen molar-refractivity contribution in [3.8, 4) is 28.4 Å². The molecule has 0 aliphatic carbocycles. The van der Waals surface area contributed by atoms with Crippen LogP contribution in [-0.2, 0) is 14.3 Å². The maximum atomic E-state index is 14.5. The van der Waals surface area contributed by atoms with Crippen molar-refractivity contribution in [1.82, 2.24) is 4.90 Å². The van der Waals surface area contributed by atoms with Gasteiger partial charge in [0.1, 0.15) is 29.7 Å². The van der Waals surface area contributed by atoms with E-state index in [1.165, 1.54) is 4.90 Å². The second-order valence-corrected chi connectivity index (χ2v) is 14.6. The molecule has 0 saturated carbocycles. The minimum absolute atomic E-state index is 0.222. The minimum atomic E-state index is -1.06. The van der Waals surface area contributed by atoms with Crippen LogP contribution in [0.1, 0.15) is 42.7 Å². The summed E-state index contributed by atoms with van der Waals surface area (Å²) in [4.78, 5) is 46.8. The fraction of sp³-hybridized carbons (Fsp3) is 0.250. The van der Waals surface area contributed by atoms with Crippen LogP contribution < -0.4 is 25.0 Å². The smallest absolute Gasteiger partial charge is 0.328 e. The number of piperazine rings is 1. The summed E-state index contributed by atoms with van der Waals surface area (Å²) in [6, 6.07) is 35.6. The monoisotopic (exact) mass is 760 g/mol. The van der Waals surface area contributed by atoms with E-state index in [9.17, 15) is 14.4 Å². The summed E-state index contributed by atoms with van der Waals surface area (Å²) in [5, 5.41) is 0.360. The van der Waals surface area contributed by atoms with Crippen LogP contribution in [0.3, 0.4) is 0 Å². The predicted molar refractivity (Wildman–Crippen MR) is 216 cm³/mol. The molecule has 1 unspecified atom stereocenters. The zero-order valence-electron chi connectivity index (χ0n) is 31.4. The highest BCUT2D eigenvalue weighted by atomic mass is 35.5. The van der Waals surface area contributed by atoms with Gasteiger partial charge in [-0.1, -0.05) is 78.3 Å². The first-order valence-electron chi connectivity index (χ1n) is 18.1. The third kappa shape index (κ3) is 9.64. The largest absolute Gasteiger partial charge is 0.495 e. The predicted octanol–water partition coefficient (Wildman–Crippen LogP) is 8.15. The normalized spacial score (nSPS) is 13.5. The number of halogens is 1. The molecule has 10 nitrogen and oxygen atoms in total. The zero-order chi connectivity index (χ0) is 39.1. The number of carbonyl (C=O) groups is 3. The van der Waals surface area contributed by atoms with Gasteiger partial charge in [-0.3, -0.25) is 14.5 Å². The summed E-state index contributed by atoms with van der Waals surface area (Å²) in [6.45, 7) is 7.17. The summed E-state index contributed by atoms with van der Waals surface area (Å²) < 4.78 is 17.5. The molecule has 2 N–H and O–H groups in total. The minimum Gasteiger partial charge on any atom is -0.495 e.